The summed E-state index contributed by atoms with van der Waals surface area (Å²) in [7, 11) is 0. The summed E-state index contributed by atoms with van der Waals surface area (Å²) in [5.41, 5.74) is 0.0443. The molecular weight excluding hydrogens is 414 g/mol. The molecule has 0 aliphatic carbocycles. The van der Waals surface area contributed by atoms with Crippen molar-refractivity contribution in [1.82, 2.24) is 4.90 Å². The highest BCUT2D eigenvalue weighted by atomic mass is 35.5. The molecule has 0 radical (unpaired) electrons. The summed E-state index contributed by atoms with van der Waals surface area (Å²) in [6.45, 7) is 0.740. The van der Waals surface area contributed by atoms with Crippen LogP contribution in [0.1, 0.15) is 35.6 Å². The van der Waals surface area contributed by atoms with Crippen molar-refractivity contribution in [3.05, 3.63) is 69.2 Å². The molecule has 3 nitrogen and oxygen atoms in total. The number of aliphatic carboxylic acids is 1. The third-order valence-electron chi connectivity index (χ3n) is 4.98. The molecule has 0 aromatic heterocycles. The third-order valence-corrected chi connectivity index (χ3v) is 5.67. The van der Waals surface area contributed by atoms with E-state index in [1.165, 1.54) is 6.07 Å². The van der Waals surface area contributed by atoms with Crippen LogP contribution in [0, 0.1) is 5.92 Å². The Morgan fingerprint density at radius 1 is 1.11 bits per heavy atom. The molecule has 1 aliphatic heterocycles. The number of alkyl halides is 3. The summed E-state index contributed by atoms with van der Waals surface area (Å²) < 4.78 is 39.9. The van der Waals surface area contributed by atoms with Crippen LogP contribution in [0.4, 0.5) is 13.2 Å². The Hall–Kier alpha value is -1.76. The first kappa shape index (κ1) is 21.0. The fourth-order valence-corrected chi connectivity index (χ4v) is 4.09. The molecule has 2 atom stereocenters. The minimum Gasteiger partial charge on any atom is -0.481 e. The highest BCUT2D eigenvalue weighted by Crippen LogP contribution is 2.41. The van der Waals surface area contributed by atoms with Gasteiger partial charge in [-0.25, -0.2) is 0 Å². The van der Waals surface area contributed by atoms with Gasteiger partial charge in [0.25, 0.3) is 0 Å². The monoisotopic (exact) mass is 431 g/mol. The second-order valence-electron chi connectivity index (χ2n) is 6.83. The highest BCUT2D eigenvalue weighted by molar-refractivity contribution is 6.32. The summed E-state index contributed by atoms with van der Waals surface area (Å²) in [5.74, 6) is -1.51. The number of hydrogen-bond donors (Lipinski definition) is 1. The molecule has 3 rings (SSSR count). The van der Waals surface area contributed by atoms with Gasteiger partial charge < -0.3 is 5.11 Å². The van der Waals surface area contributed by atoms with E-state index in [0.29, 0.717) is 30.0 Å². The van der Waals surface area contributed by atoms with E-state index < -0.39 is 29.7 Å². The van der Waals surface area contributed by atoms with Crippen molar-refractivity contribution in [2.24, 2.45) is 5.92 Å². The Balaban J connectivity index is 2.13. The van der Waals surface area contributed by atoms with Crippen molar-refractivity contribution in [2.75, 3.05) is 13.1 Å². The van der Waals surface area contributed by atoms with Crippen LogP contribution in [0.2, 0.25) is 10.0 Å². The second-order valence-corrected chi connectivity index (χ2v) is 7.64. The lowest BCUT2D eigenvalue weighted by Gasteiger charge is -2.38. The molecular formula is C20H18Cl2F3NO2. The molecule has 1 aliphatic rings. The molecule has 0 saturated carbocycles. The van der Waals surface area contributed by atoms with Crippen molar-refractivity contribution >= 4 is 29.2 Å². The van der Waals surface area contributed by atoms with Crippen LogP contribution in [0.3, 0.4) is 0 Å². The lowest BCUT2D eigenvalue weighted by atomic mass is 9.90. The normalized spacial score (nSPS) is 19.4. The predicted octanol–water partition coefficient (Wildman–Crippen LogP) is 5.90. The van der Waals surface area contributed by atoms with Gasteiger partial charge in [-0.1, -0.05) is 41.4 Å². The average molecular weight is 432 g/mol. The molecule has 8 heteroatoms. The number of hydrogen-bond acceptors (Lipinski definition) is 2. The molecule has 1 fully saturated rings. The van der Waals surface area contributed by atoms with E-state index in [4.69, 9.17) is 23.2 Å². The maximum atomic E-state index is 13.3. The lowest BCUT2D eigenvalue weighted by Crippen LogP contribution is -2.41. The second kappa shape index (κ2) is 8.31. The first-order chi connectivity index (χ1) is 13.2. The summed E-state index contributed by atoms with van der Waals surface area (Å²) >= 11 is 12.7. The van der Waals surface area contributed by atoms with Gasteiger partial charge >= 0.3 is 12.1 Å². The van der Waals surface area contributed by atoms with Gasteiger partial charge in [0, 0.05) is 16.6 Å². The highest BCUT2D eigenvalue weighted by Gasteiger charge is 2.36. The van der Waals surface area contributed by atoms with E-state index in [1.807, 2.05) is 4.90 Å². The number of nitrogens with zero attached hydrogens (tertiary/aromatic N) is 1. The number of piperidine rings is 1. The van der Waals surface area contributed by atoms with Crippen molar-refractivity contribution < 1.29 is 23.1 Å². The molecule has 28 heavy (non-hydrogen) atoms. The predicted molar refractivity (Wildman–Crippen MR) is 102 cm³/mol. The molecule has 2 aromatic carbocycles. The van der Waals surface area contributed by atoms with Gasteiger partial charge in [0.15, 0.2) is 0 Å². The zero-order chi connectivity index (χ0) is 20.5. The van der Waals surface area contributed by atoms with E-state index >= 15 is 0 Å². The summed E-state index contributed by atoms with van der Waals surface area (Å²) in [5, 5.41) is 9.98. The lowest BCUT2D eigenvalue weighted by molar-refractivity contribution is -0.143. The Morgan fingerprint density at radius 2 is 1.79 bits per heavy atom. The first-order valence-electron chi connectivity index (χ1n) is 8.76. The van der Waals surface area contributed by atoms with Crippen LogP contribution < -0.4 is 0 Å². The molecule has 0 bridgehead atoms. The number of halogens is 5. The first-order valence-corrected chi connectivity index (χ1v) is 9.52. The standard InChI is InChI=1S/C20H18Cl2F3NO2/c21-16-6-2-1-5-14(16)18(26-9-3-4-12(11-26)19(27)28)15-10-13(20(23,24)25)7-8-17(15)22/h1-2,5-8,10,12,18H,3-4,9,11H2,(H,27,28). The van der Waals surface area contributed by atoms with Gasteiger partial charge in [0.1, 0.15) is 0 Å². The zero-order valence-electron chi connectivity index (χ0n) is 14.7. The SMILES string of the molecule is O=C(O)C1CCCN(C(c2ccccc2Cl)c2cc(C(F)(F)F)ccc2Cl)C1. The van der Waals surface area contributed by atoms with Crippen LogP contribution in [-0.2, 0) is 11.0 Å². The molecule has 1 heterocycles. The third kappa shape index (κ3) is 4.45. The maximum absolute atomic E-state index is 13.3. The smallest absolute Gasteiger partial charge is 0.416 e. The van der Waals surface area contributed by atoms with E-state index in [-0.39, 0.29) is 17.1 Å². The zero-order valence-corrected chi connectivity index (χ0v) is 16.2. The number of benzene rings is 2. The number of rotatable bonds is 4. The van der Waals surface area contributed by atoms with Crippen LogP contribution in [0.25, 0.3) is 0 Å². The Kier molecular flexibility index (Phi) is 6.22. The Bertz CT molecular complexity index is 873. The molecule has 2 aromatic rings. The van der Waals surface area contributed by atoms with Crippen molar-refractivity contribution in [1.29, 1.82) is 0 Å². The molecule has 1 N–H and O–H groups in total. The van der Waals surface area contributed by atoms with Gasteiger partial charge in [-0.3, -0.25) is 9.69 Å². The molecule has 150 valence electrons. The number of carboxylic acid groups (broad SMARTS) is 1. The fraction of sp³-hybridized carbons (Fsp3) is 0.350. The van der Waals surface area contributed by atoms with E-state index in [0.717, 1.165) is 12.1 Å². The van der Waals surface area contributed by atoms with Gasteiger partial charge in [0.2, 0.25) is 0 Å². The quantitative estimate of drug-likeness (QED) is 0.654. The summed E-state index contributed by atoms with van der Waals surface area (Å²) in [6.07, 6.45) is -3.37. The molecule has 1 saturated heterocycles. The summed E-state index contributed by atoms with van der Waals surface area (Å²) in [6, 6.07) is 9.37. The minimum absolute atomic E-state index is 0.176. The summed E-state index contributed by atoms with van der Waals surface area (Å²) in [4.78, 5) is 13.3. The average Bonchev–Trinajstić information content (AvgIpc) is 2.64. The molecule has 2 unspecified atom stereocenters. The van der Waals surface area contributed by atoms with Gasteiger partial charge in [-0.05, 0) is 54.8 Å². The van der Waals surface area contributed by atoms with E-state index in [1.54, 1.807) is 24.3 Å². The topological polar surface area (TPSA) is 40.5 Å². The van der Waals surface area contributed by atoms with Crippen LogP contribution >= 0.6 is 23.2 Å². The van der Waals surface area contributed by atoms with Gasteiger partial charge in [0.05, 0.1) is 17.5 Å². The van der Waals surface area contributed by atoms with Crippen molar-refractivity contribution in [2.45, 2.75) is 25.1 Å². The van der Waals surface area contributed by atoms with Crippen molar-refractivity contribution in [3.8, 4) is 0 Å². The van der Waals surface area contributed by atoms with E-state index in [2.05, 4.69) is 0 Å². The van der Waals surface area contributed by atoms with Crippen LogP contribution in [-0.4, -0.2) is 29.1 Å². The number of likely N-dealkylation sites (tertiary alicyclic amines) is 1. The van der Waals surface area contributed by atoms with E-state index in [9.17, 15) is 23.1 Å². The molecule has 0 spiro atoms. The van der Waals surface area contributed by atoms with Gasteiger partial charge in [-0.2, -0.15) is 13.2 Å². The Morgan fingerprint density at radius 3 is 2.43 bits per heavy atom. The van der Waals surface area contributed by atoms with Crippen molar-refractivity contribution in [3.63, 3.8) is 0 Å². The van der Waals surface area contributed by atoms with Gasteiger partial charge in [-0.15, -0.1) is 0 Å². The fourth-order valence-electron chi connectivity index (χ4n) is 3.63. The number of carboxylic acids is 1. The van der Waals surface area contributed by atoms with Crippen LogP contribution in [0.15, 0.2) is 42.5 Å². The molecule has 0 amide bonds. The Labute approximate surface area is 170 Å². The largest absolute Gasteiger partial charge is 0.481 e. The minimum atomic E-state index is -4.52. The van der Waals surface area contributed by atoms with Crippen LogP contribution in [0.5, 0.6) is 0 Å². The number of carbonyl (C=O) groups is 1. The maximum Gasteiger partial charge on any atom is 0.416 e.